The predicted molar refractivity (Wildman–Crippen MR) is 90.4 cm³/mol. The lowest BCUT2D eigenvalue weighted by molar-refractivity contribution is -0.185. The molecule has 0 amide bonds. The van der Waals surface area contributed by atoms with E-state index < -0.39 is 5.79 Å². The summed E-state index contributed by atoms with van der Waals surface area (Å²) < 4.78 is 14.5. The molecule has 1 aromatic carbocycles. The second-order valence-electron chi connectivity index (χ2n) is 6.48. The van der Waals surface area contributed by atoms with Gasteiger partial charge in [-0.25, -0.2) is 4.98 Å². The van der Waals surface area contributed by atoms with E-state index in [0.717, 1.165) is 17.9 Å². The Balaban J connectivity index is 1.71. The van der Waals surface area contributed by atoms with Gasteiger partial charge in [0.25, 0.3) is 0 Å². The van der Waals surface area contributed by atoms with Gasteiger partial charge in [-0.15, -0.1) is 0 Å². The maximum absolute atomic E-state index is 6.33. The van der Waals surface area contributed by atoms with Crippen molar-refractivity contribution in [3.8, 4) is 0 Å². The normalized spacial score (nSPS) is 24.4. The molecule has 0 aliphatic carbocycles. The van der Waals surface area contributed by atoms with E-state index in [4.69, 9.17) is 21.1 Å². The molecule has 0 spiro atoms. The van der Waals surface area contributed by atoms with Crippen LogP contribution >= 0.6 is 11.6 Å². The summed E-state index contributed by atoms with van der Waals surface area (Å²) in [5.41, 5.74) is 1.24. The van der Waals surface area contributed by atoms with Crippen LogP contribution in [-0.2, 0) is 22.4 Å². The Labute approximate surface area is 142 Å². The molecule has 0 radical (unpaired) electrons. The zero-order valence-corrected chi connectivity index (χ0v) is 14.4. The summed E-state index contributed by atoms with van der Waals surface area (Å²) >= 11 is 5.96. The molecule has 124 valence electrons. The third-order valence-corrected chi connectivity index (χ3v) is 4.56. The van der Waals surface area contributed by atoms with Crippen LogP contribution in [0.15, 0.2) is 43.0 Å². The van der Waals surface area contributed by atoms with Crippen LogP contribution < -0.4 is 0 Å². The minimum Gasteiger partial charge on any atom is -0.345 e. The van der Waals surface area contributed by atoms with Crippen molar-refractivity contribution in [2.45, 2.75) is 45.1 Å². The van der Waals surface area contributed by atoms with Crippen LogP contribution in [0, 0.1) is 5.92 Å². The van der Waals surface area contributed by atoms with Gasteiger partial charge < -0.3 is 14.0 Å². The second-order valence-corrected chi connectivity index (χ2v) is 6.92. The molecule has 1 aromatic heterocycles. The summed E-state index contributed by atoms with van der Waals surface area (Å²) in [6.45, 7) is 5.64. The van der Waals surface area contributed by atoms with Gasteiger partial charge in [-0.1, -0.05) is 37.6 Å². The molecule has 1 fully saturated rings. The largest absolute Gasteiger partial charge is 0.345 e. The van der Waals surface area contributed by atoms with Crippen LogP contribution in [0.25, 0.3) is 0 Å². The Bertz CT molecular complexity index is 612. The van der Waals surface area contributed by atoms with Crippen molar-refractivity contribution in [2.75, 3.05) is 6.61 Å². The first kappa shape index (κ1) is 16.5. The van der Waals surface area contributed by atoms with Crippen LogP contribution in [0.3, 0.4) is 0 Å². The predicted octanol–water partition coefficient (Wildman–Crippen LogP) is 3.94. The SMILES string of the molecule is CC(C)C1COC(CCc2ccc(Cl)cc2)(Cn2ccnc2)O1. The Morgan fingerprint density at radius 2 is 2.13 bits per heavy atom. The maximum Gasteiger partial charge on any atom is 0.187 e. The van der Waals surface area contributed by atoms with Gasteiger partial charge in [-0.3, -0.25) is 0 Å². The molecule has 1 saturated heterocycles. The molecule has 23 heavy (non-hydrogen) atoms. The summed E-state index contributed by atoms with van der Waals surface area (Å²) in [6, 6.07) is 7.96. The number of hydrogen-bond acceptors (Lipinski definition) is 3. The number of benzene rings is 1. The summed E-state index contributed by atoms with van der Waals surface area (Å²) in [5.74, 6) is -0.148. The van der Waals surface area contributed by atoms with Crippen LogP contribution in [0.2, 0.25) is 5.02 Å². The Morgan fingerprint density at radius 1 is 1.35 bits per heavy atom. The van der Waals surface area contributed by atoms with Crippen molar-refractivity contribution in [1.29, 1.82) is 0 Å². The van der Waals surface area contributed by atoms with Gasteiger partial charge in [-0.05, 0) is 30.0 Å². The molecular weight excluding hydrogens is 312 g/mol. The molecule has 2 atom stereocenters. The average molecular weight is 335 g/mol. The lowest BCUT2D eigenvalue weighted by atomic mass is 10.0. The number of nitrogens with zero attached hydrogens (tertiary/aromatic N) is 2. The highest BCUT2D eigenvalue weighted by molar-refractivity contribution is 6.30. The summed E-state index contributed by atoms with van der Waals surface area (Å²) in [4.78, 5) is 4.11. The fourth-order valence-electron chi connectivity index (χ4n) is 2.84. The number of halogens is 1. The first-order valence-electron chi connectivity index (χ1n) is 8.08. The Kier molecular flexibility index (Phi) is 5.05. The third-order valence-electron chi connectivity index (χ3n) is 4.31. The van der Waals surface area contributed by atoms with Crippen LogP contribution in [0.4, 0.5) is 0 Å². The first-order chi connectivity index (χ1) is 11.1. The standard InChI is InChI=1S/C18H23ClN2O2/c1-14(2)17-11-22-18(23-17,12-21-10-9-20-13-21)8-7-15-3-5-16(19)6-4-15/h3-6,9-10,13-14,17H,7-8,11-12H2,1-2H3. The van der Waals surface area contributed by atoms with Crippen molar-refractivity contribution in [3.63, 3.8) is 0 Å². The molecule has 3 rings (SSSR count). The van der Waals surface area contributed by atoms with Crippen molar-refractivity contribution in [1.82, 2.24) is 9.55 Å². The van der Waals surface area contributed by atoms with E-state index in [0.29, 0.717) is 19.1 Å². The number of hydrogen-bond donors (Lipinski definition) is 0. The van der Waals surface area contributed by atoms with E-state index >= 15 is 0 Å². The molecule has 4 nitrogen and oxygen atoms in total. The third kappa shape index (κ3) is 4.14. The van der Waals surface area contributed by atoms with Crippen LogP contribution in [0.5, 0.6) is 0 Å². The average Bonchev–Trinajstić information content (AvgIpc) is 3.18. The van der Waals surface area contributed by atoms with Gasteiger partial charge >= 0.3 is 0 Å². The molecule has 0 saturated carbocycles. The van der Waals surface area contributed by atoms with E-state index in [9.17, 15) is 0 Å². The Hall–Kier alpha value is -1.36. The van der Waals surface area contributed by atoms with E-state index in [1.807, 2.05) is 22.9 Å². The Morgan fingerprint density at radius 3 is 2.74 bits per heavy atom. The van der Waals surface area contributed by atoms with Gasteiger partial charge in [0.05, 0.1) is 25.6 Å². The lowest BCUT2D eigenvalue weighted by Gasteiger charge is -2.29. The second kappa shape index (κ2) is 7.04. The summed E-state index contributed by atoms with van der Waals surface area (Å²) in [6.07, 6.45) is 7.36. The highest BCUT2D eigenvalue weighted by atomic mass is 35.5. The molecule has 5 heteroatoms. The number of imidazole rings is 1. The van der Waals surface area contributed by atoms with E-state index in [-0.39, 0.29) is 6.10 Å². The molecule has 1 aliphatic heterocycles. The molecule has 2 unspecified atom stereocenters. The number of ether oxygens (including phenoxy) is 2. The summed E-state index contributed by atoms with van der Waals surface area (Å²) in [7, 11) is 0. The zero-order valence-electron chi connectivity index (χ0n) is 13.6. The van der Waals surface area contributed by atoms with Crippen molar-refractivity contribution >= 4 is 11.6 Å². The monoisotopic (exact) mass is 334 g/mol. The van der Waals surface area contributed by atoms with Gasteiger partial charge in [0, 0.05) is 23.8 Å². The maximum atomic E-state index is 6.33. The van der Waals surface area contributed by atoms with E-state index in [1.54, 1.807) is 12.5 Å². The molecule has 2 aromatic rings. The van der Waals surface area contributed by atoms with Crippen molar-refractivity contribution < 1.29 is 9.47 Å². The smallest absolute Gasteiger partial charge is 0.187 e. The van der Waals surface area contributed by atoms with Gasteiger partial charge in [0.1, 0.15) is 0 Å². The van der Waals surface area contributed by atoms with Crippen LogP contribution in [-0.4, -0.2) is 28.0 Å². The molecule has 1 aliphatic rings. The van der Waals surface area contributed by atoms with Gasteiger partial charge in [0.2, 0.25) is 0 Å². The fourth-order valence-corrected chi connectivity index (χ4v) is 2.97. The number of aryl methyl sites for hydroxylation is 1. The first-order valence-corrected chi connectivity index (χ1v) is 8.46. The lowest BCUT2D eigenvalue weighted by Crippen LogP contribution is -2.37. The number of aromatic nitrogens is 2. The van der Waals surface area contributed by atoms with Gasteiger partial charge in [-0.2, -0.15) is 0 Å². The highest BCUT2D eigenvalue weighted by Crippen LogP contribution is 2.33. The minimum absolute atomic E-state index is 0.142. The number of rotatable bonds is 6. The van der Waals surface area contributed by atoms with Crippen molar-refractivity contribution in [2.24, 2.45) is 5.92 Å². The quantitative estimate of drug-likeness (QED) is 0.803. The molecule has 2 heterocycles. The molecule has 0 N–H and O–H groups in total. The van der Waals surface area contributed by atoms with E-state index in [2.05, 4.69) is 31.0 Å². The topological polar surface area (TPSA) is 36.3 Å². The minimum atomic E-state index is -0.588. The fraction of sp³-hybridized carbons (Fsp3) is 0.500. The van der Waals surface area contributed by atoms with Gasteiger partial charge in [0.15, 0.2) is 5.79 Å². The van der Waals surface area contributed by atoms with E-state index in [1.165, 1.54) is 5.56 Å². The molecule has 0 bridgehead atoms. The molecular formula is C18H23ClN2O2. The van der Waals surface area contributed by atoms with Crippen LogP contribution in [0.1, 0.15) is 25.8 Å². The summed E-state index contributed by atoms with van der Waals surface area (Å²) in [5, 5.41) is 0.759. The van der Waals surface area contributed by atoms with Crippen molar-refractivity contribution in [3.05, 3.63) is 53.6 Å². The highest BCUT2D eigenvalue weighted by Gasteiger charge is 2.42. The zero-order chi connectivity index (χ0) is 16.3.